The Hall–Kier alpha value is -0.580. The van der Waals surface area contributed by atoms with Gasteiger partial charge in [-0.25, -0.2) is 0 Å². The van der Waals surface area contributed by atoms with E-state index in [1.165, 1.54) is 12.0 Å². The maximum atomic E-state index is 5.45. The average Bonchev–Trinajstić information content (AvgIpc) is 2.36. The van der Waals surface area contributed by atoms with Crippen molar-refractivity contribution in [2.24, 2.45) is 0 Å². The fourth-order valence-electron chi connectivity index (χ4n) is 2.04. The van der Waals surface area contributed by atoms with Crippen LogP contribution in [-0.4, -0.2) is 50.6 Å². The monoisotopic (exact) mass is 328 g/mol. The summed E-state index contributed by atoms with van der Waals surface area (Å²) in [5.74, 6) is 0.967. The molecule has 4 heteroatoms. The van der Waals surface area contributed by atoms with Gasteiger partial charge in [0.05, 0.1) is 7.11 Å². The number of benzene rings is 1. The molecule has 0 spiro atoms. The van der Waals surface area contributed by atoms with Crippen molar-refractivity contribution >= 4 is 15.9 Å². The summed E-state index contributed by atoms with van der Waals surface area (Å²) in [4.78, 5) is 4.70. The number of hydrogen-bond donors (Lipinski definition) is 0. The predicted octanol–water partition coefficient (Wildman–Crippen LogP) is 3.23. The van der Waals surface area contributed by atoms with Crippen molar-refractivity contribution in [1.29, 1.82) is 0 Å². The van der Waals surface area contributed by atoms with E-state index in [0.717, 1.165) is 36.4 Å². The first kappa shape index (κ1) is 16.5. The summed E-state index contributed by atoms with van der Waals surface area (Å²) >= 11 is 3.53. The van der Waals surface area contributed by atoms with Crippen LogP contribution >= 0.6 is 15.9 Å². The van der Waals surface area contributed by atoms with E-state index in [-0.39, 0.29) is 0 Å². The Morgan fingerprint density at radius 2 is 1.89 bits per heavy atom. The number of halogens is 1. The number of likely N-dealkylation sites (N-methyl/N-ethyl adjacent to an activating group) is 1. The molecule has 0 atom stereocenters. The van der Waals surface area contributed by atoms with Crippen molar-refractivity contribution in [3.63, 3.8) is 0 Å². The van der Waals surface area contributed by atoms with Gasteiger partial charge in [0.15, 0.2) is 0 Å². The van der Waals surface area contributed by atoms with Crippen LogP contribution in [0.5, 0.6) is 5.75 Å². The second kappa shape index (κ2) is 8.56. The molecule has 0 aliphatic heterocycles. The molecule has 0 aromatic heterocycles. The van der Waals surface area contributed by atoms with E-state index in [0.29, 0.717) is 0 Å². The summed E-state index contributed by atoms with van der Waals surface area (Å²) in [5.41, 5.74) is 1.24. The minimum atomic E-state index is 0.935. The van der Waals surface area contributed by atoms with Gasteiger partial charge in [0.25, 0.3) is 0 Å². The summed E-state index contributed by atoms with van der Waals surface area (Å²) in [6.07, 6.45) is 1.17. The highest BCUT2D eigenvalue weighted by atomic mass is 79.9. The number of methoxy groups -OCH3 is 1. The number of hydrogen-bond acceptors (Lipinski definition) is 3. The van der Waals surface area contributed by atoms with E-state index in [4.69, 9.17) is 4.74 Å². The van der Waals surface area contributed by atoms with Gasteiger partial charge in [0.2, 0.25) is 0 Å². The molecular weight excluding hydrogens is 304 g/mol. The molecular formula is C15H25BrN2O. The van der Waals surface area contributed by atoms with Gasteiger partial charge in [-0.1, -0.05) is 22.9 Å². The Bertz CT molecular complexity index is 382. The molecule has 0 bridgehead atoms. The first-order chi connectivity index (χ1) is 9.06. The van der Waals surface area contributed by atoms with Crippen molar-refractivity contribution in [1.82, 2.24) is 9.80 Å². The van der Waals surface area contributed by atoms with Crippen molar-refractivity contribution in [3.8, 4) is 5.75 Å². The highest BCUT2D eigenvalue weighted by Crippen LogP contribution is 2.24. The van der Waals surface area contributed by atoms with Crippen molar-refractivity contribution in [2.75, 3.05) is 40.8 Å². The van der Waals surface area contributed by atoms with Crippen LogP contribution in [0.25, 0.3) is 0 Å². The molecule has 0 radical (unpaired) electrons. The normalized spacial score (nSPS) is 11.3. The molecule has 0 saturated heterocycles. The third-order valence-corrected chi connectivity index (χ3v) is 3.53. The first-order valence-corrected chi connectivity index (χ1v) is 7.55. The van der Waals surface area contributed by atoms with Gasteiger partial charge in [-0.05, 0) is 45.3 Å². The molecule has 0 N–H and O–H groups in total. The highest BCUT2D eigenvalue weighted by Gasteiger charge is 2.10. The minimum absolute atomic E-state index is 0.935. The number of ether oxygens (including phenoxy) is 1. The molecule has 1 rings (SSSR count). The molecule has 0 heterocycles. The third kappa shape index (κ3) is 5.93. The second-order valence-corrected chi connectivity index (χ2v) is 5.95. The van der Waals surface area contributed by atoms with E-state index in [2.05, 4.69) is 52.8 Å². The lowest BCUT2D eigenvalue weighted by atomic mass is 10.2. The lowest BCUT2D eigenvalue weighted by Gasteiger charge is -2.24. The summed E-state index contributed by atoms with van der Waals surface area (Å²) in [6, 6.07) is 6.19. The Kier molecular flexibility index (Phi) is 7.42. The third-order valence-electron chi connectivity index (χ3n) is 3.04. The first-order valence-electron chi connectivity index (χ1n) is 6.76. The minimum Gasteiger partial charge on any atom is -0.496 e. The smallest absolute Gasteiger partial charge is 0.123 e. The van der Waals surface area contributed by atoms with Crippen LogP contribution in [0.15, 0.2) is 22.7 Å². The molecule has 0 saturated carbocycles. The number of nitrogens with zero attached hydrogens (tertiary/aromatic N) is 2. The van der Waals surface area contributed by atoms with Gasteiger partial charge in [-0.3, -0.25) is 4.90 Å². The fourth-order valence-corrected chi connectivity index (χ4v) is 2.45. The van der Waals surface area contributed by atoms with Gasteiger partial charge in [0, 0.05) is 29.7 Å². The standard InChI is InChI=1S/C15H25BrN2O/c1-5-8-18(10-9-17(2)3)12-13-11-14(16)6-7-15(13)19-4/h6-7,11H,5,8-10,12H2,1-4H3. The molecule has 0 unspecified atom stereocenters. The van der Waals surface area contributed by atoms with Crippen molar-refractivity contribution in [3.05, 3.63) is 28.2 Å². The Labute approximate surface area is 125 Å². The summed E-state index contributed by atoms with van der Waals surface area (Å²) in [7, 11) is 5.96. The van der Waals surface area contributed by atoms with E-state index in [9.17, 15) is 0 Å². The molecule has 0 amide bonds. The lowest BCUT2D eigenvalue weighted by Crippen LogP contribution is -2.32. The summed E-state index contributed by atoms with van der Waals surface area (Å²) < 4.78 is 6.55. The van der Waals surface area contributed by atoms with Gasteiger partial charge in [0.1, 0.15) is 5.75 Å². The van der Waals surface area contributed by atoms with Gasteiger partial charge >= 0.3 is 0 Å². The topological polar surface area (TPSA) is 15.7 Å². The Morgan fingerprint density at radius 1 is 1.16 bits per heavy atom. The average molecular weight is 329 g/mol. The molecule has 0 fully saturated rings. The molecule has 19 heavy (non-hydrogen) atoms. The molecule has 1 aromatic rings. The molecule has 108 valence electrons. The van der Waals surface area contributed by atoms with Gasteiger partial charge in [-0.15, -0.1) is 0 Å². The predicted molar refractivity (Wildman–Crippen MR) is 84.8 cm³/mol. The van der Waals surface area contributed by atoms with E-state index in [1.807, 2.05) is 12.1 Å². The van der Waals surface area contributed by atoms with Crippen LogP contribution in [0.2, 0.25) is 0 Å². The zero-order valence-corrected chi connectivity index (χ0v) is 14.0. The quantitative estimate of drug-likeness (QED) is 0.728. The maximum Gasteiger partial charge on any atom is 0.123 e. The maximum absolute atomic E-state index is 5.45. The van der Waals surface area contributed by atoms with Crippen LogP contribution in [0.1, 0.15) is 18.9 Å². The van der Waals surface area contributed by atoms with E-state index >= 15 is 0 Å². The SMILES string of the molecule is CCCN(CCN(C)C)Cc1cc(Br)ccc1OC. The van der Waals surface area contributed by atoms with E-state index in [1.54, 1.807) is 7.11 Å². The fraction of sp³-hybridized carbons (Fsp3) is 0.600. The van der Waals surface area contributed by atoms with Crippen LogP contribution in [0.4, 0.5) is 0 Å². The van der Waals surface area contributed by atoms with Crippen LogP contribution in [-0.2, 0) is 6.54 Å². The highest BCUT2D eigenvalue weighted by molar-refractivity contribution is 9.10. The molecule has 0 aliphatic carbocycles. The second-order valence-electron chi connectivity index (χ2n) is 5.04. The molecule has 3 nitrogen and oxygen atoms in total. The molecule has 1 aromatic carbocycles. The summed E-state index contributed by atoms with van der Waals surface area (Å²) in [6.45, 7) is 6.43. The zero-order chi connectivity index (χ0) is 14.3. The van der Waals surface area contributed by atoms with Crippen molar-refractivity contribution < 1.29 is 4.74 Å². The van der Waals surface area contributed by atoms with Crippen LogP contribution < -0.4 is 4.74 Å². The van der Waals surface area contributed by atoms with Crippen LogP contribution in [0.3, 0.4) is 0 Å². The summed E-state index contributed by atoms with van der Waals surface area (Å²) in [5, 5.41) is 0. The Balaban J connectivity index is 2.74. The lowest BCUT2D eigenvalue weighted by molar-refractivity contribution is 0.231. The Morgan fingerprint density at radius 3 is 2.47 bits per heavy atom. The van der Waals surface area contributed by atoms with Gasteiger partial charge < -0.3 is 9.64 Å². The molecule has 0 aliphatic rings. The van der Waals surface area contributed by atoms with Crippen LogP contribution in [0, 0.1) is 0 Å². The number of rotatable bonds is 8. The van der Waals surface area contributed by atoms with Gasteiger partial charge in [-0.2, -0.15) is 0 Å². The largest absolute Gasteiger partial charge is 0.496 e. The zero-order valence-electron chi connectivity index (χ0n) is 12.4. The van der Waals surface area contributed by atoms with E-state index < -0.39 is 0 Å². The van der Waals surface area contributed by atoms with Crippen molar-refractivity contribution in [2.45, 2.75) is 19.9 Å².